The van der Waals surface area contributed by atoms with Crippen molar-refractivity contribution in [3.8, 4) is 6.07 Å². The standard InChI is InChI=1S/C26H20N2O/c1-19-24(16-22(17-27)26(29)21-12-6-3-7-13-21)23-14-8-9-15-25(23)28(19)18-20-10-4-2-5-11-20/h2-16H,18H2,1H3/b22-16+. The Bertz CT molecular complexity index is 1240. The first kappa shape index (κ1) is 18.5. The van der Waals surface area contributed by atoms with Crippen molar-refractivity contribution < 1.29 is 4.79 Å². The van der Waals surface area contributed by atoms with Gasteiger partial charge < -0.3 is 4.57 Å². The van der Waals surface area contributed by atoms with E-state index in [0.29, 0.717) is 5.56 Å². The number of hydrogen-bond acceptors (Lipinski definition) is 2. The molecule has 0 saturated heterocycles. The van der Waals surface area contributed by atoms with E-state index < -0.39 is 0 Å². The second-order valence-corrected chi connectivity index (χ2v) is 6.95. The Labute approximate surface area is 170 Å². The van der Waals surface area contributed by atoms with Gasteiger partial charge in [-0.25, -0.2) is 0 Å². The van der Waals surface area contributed by atoms with Gasteiger partial charge in [0, 0.05) is 34.3 Å². The monoisotopic (exact) mass is 376 g/mol. The number of ketones is 1. The predicted molar refractivity (Wildman–Crippen MR) is 117 cm³/mol. The quantitative estimate of drug-likeness (QED) is 0.251. The van der Waals surface area contributed by atoms with Gasteiger partial charge in [-0.2, -0.15) is 5.26 Å². The highest BCUT2D eigenvalue weighted by Gasteiger charge is 2.17. The molecule has 0 spiro atoms. The Morgan fingerprint density at radius 1 is 0.931 bits per heavy atom. The minimum absolute atomic E-state index is 0.141. The van der Waals surface area contributed by atoms with Crippen molar-refractivity contribution in [2.24, 2.45) is 0 Å². The lowest BCUT2D eigenvalue weighted by molar-refractivity contribution is 0.104. The second-order valence-electron chi connectivity index (χ2n) is 6.95. The number of para-hydroxylation sites is 1. The van der Waals surface area contributed by atoms with Crippen LogP contribution in [0.1, 0.15) is 27.2 Å². The summed E-state index contributed by atoms with van der Waals surface area (Å²) in [5, 5.41) is 10.7. The zero-order valence-electron chi connectivity index (χ0n) is 16.2. The van der Waals surface area contributed by atoms with E-state index in [0.717, 1.165) is 28.7 Å². The highest BCUT2D eigenvalue weighted by Crippen LogP contribution is 2.29. The molecule has 140 valence electrons. The molecule has 4 aromatic rings. The zero-order chi connectivity index (χ0) is 20.2. The van der Waals surface area contributed by atoms with Gasteiger partial charge in [0.1, 0.15) is 11.6 Å². The molecule has 0 N–H and O–H groups in total. The minimum atomic E-state index is -0.257. The van der Waals surface area contributed by atoms with Crippen LogP contribution in [0.5, 0.6) is 0 Å². The molecule has 0 atom stereocenters. The summed E-state index contributed by atoms with van der Waals surface area (Å²) in [6.45, 7) is 2.77. The van der Waals surface area contributed by atoms with Crippen LogP contribution in [0, 0.1) is 18.3 Å². The number of benzene rings is 3. The SMILES string of the molecule is Cc1c(/C=C(\C#N)C(=O)c2ccccc2)c2ccccc2n1Cc1ccccc1. The number of rotatable bonds is 5. The van der Waals surface area contributed by atoms with E-state index in [1.165, 1.54) is 5.56 Å². The number of carbonyl (C=O) groups is 1. The third-order valence-electron chi connectivity index (χ3n) is 5.15. The average Bonchev–Trinajstić information content (AvgIpc) is 3.04. The van der Waals surface area contributed by atoms with Crippen LogP contribution in [0.15, 0.2) is 90.5 Å². The van der Waals surface area contributed by atoms with Crippen LogP contribution in [-0.4, -0.2) is 10.4 Å². The van der Waals surface area contributed by atoms with Crippen LogP contribution in [-0.2, 0) is 6.54 Å². The lowest BCUT2D eigenvalue weighted by Gasteiger charge is -2.08. The van der Waals surface area contributed by atoms with E-state index in [2.05, 4.69) is 28.8 Å². The summed E-state index contributed by atoms with van der Waals surface area (Å²) >= 11 is 0. The summed E-state index contributed by atoms with van der Waals surface area (Å²) in [5.41, 5.74) is 4.89. The summed E-state index contributed by atoms with van der Waals surface area (Å²) in [6.07, 6.45) is 1.73. The fraction of sp³-hybridized carbons (Fsp3) is 0.0769. The van der Waals surface area contributed by atoms with Gasteiger partial charge in [0.05, 0.1) is 0 Å². The molecule has 0 saturated carbocycles. The molecule has 1 aromatic heterocycles. The Morgan fingerprint density at radius 3 is 2.24 bits per heavy atom. The summed E-state index contributed by atoms with van der Waals surface area (Å²) in [5.74, 6) is -0.257. The zero-order valence-corrected chi connectivity index (χ0v) is 16.2. The number of carbonyl (C=O) groups excluding carboxylic acids is 1. The number of nitrogens with zero attached hydrogens (tertiary/aromatic N) is 2. The van der Waals surface area contributed by atoms with Crippen molar-refractivity contribution in [2.75, 3.05) is 0 Å². The lowest BCUT2D eigenvalue weighted by atomic mass is 10.0. The van der Waals surface area contributed by atoms with Crippen molar-refractivity contribution in [2.45, 2.75) is 13.5 Å². The second kappa shape index (κ2) is 8.00. The first-order chi connectivity index (χ1) is 14.2. The first-order valence-corrected chi connectivity index (χ1v) is 9.52. The fourth-order valence-corrected chi connectivity index (χ4v) is 3.65. The summed E-state index contributed by atoms with van der Waals surface area (Å²) in [6, 6.07) is 29.4. The summed E-state index contributed by atoms with van der Waals surface area (Å²) in [4.78, 5) is 12.8. The van der Waals surface area contributed by atoms with Crippen LogP contribution < -0.4 is 0 Å². The van der Waals surface area contributed by atoms with E-state index in [1.54, 1.807) is 30.3 Å². The predicted octanol–water partition coefficient (Wildman–Crippen LogP) is 5.79. The van der Waals surface area contributed by atoms with Crippen LogP contribution in [0.2, 0.25) is 0 Å². The van der Waals surface area contributed by atoms with Gasteiger partial charge in [-0.15, -0.1) is 0 Å². The average molecular weight is 376 g/mol. The topological polar surface area (TPSA) is 45.8 Å². The Kier molecular flexibility index (Phi) is 5.09. The molecular weight excluding hydrogens is 356 g/mol. The summed E-state index contributed by atoms with van der Waals surface area (Å²) in [7, 11) is 0. The molecule has 3 nitrogen and oxygen atoms in total. The molecule has 0 aliphatic carbocycles. The number of hydrogen-bond donors (Lipinski definition) is 0. The molecule has 4 rings (SSSR count). The number of allylic oxidation sites excluding steroid dienone is 1. The van der Waals surface area contributed by atoms with Gasteiger partial charge >= 0.3 is 0 Å². The molecule has 29 heavy (non-hydrogen) atoms. The fourth-order valence-electron chi connectivity index (χ4n) is 3.65. The molecule has 0 fully saturated rings. The number of nitriles is 1. The Morgan fingerprint density at radius 2 is 1.55 bits per heavy atom. The van der Waals surface area contributed by atoms with Crippen molar-refractivity contribution in [1.82, 2.24) is 4.57 Å². The highest BCUT2D eigenvalue weighted by atomic mass is 16.1. The van der Waals surface area contributed by atoms with Gasteiger partial charge in [0.2, 0.25) is 5.78 Å². The molecule has 0 amide bonds. The number of aromatic nitrogens is 1. The molecule has 0 bridgehead atoms. The Hall–Kier alpha value is -3.90. The van der Waals surface area contributed by atoms with Crippen LogP contribution in [0.3, 0.4) is 0 Å². The van der Waals surface area contributed by atoms with Gasteiger partial charge in [-0.1, -0.05) is 78.9 Å². The molecule has 0 aliphatic rings. The third-order valence-corrected chi connectivity index (χ3v) is 5.15. The van der Waals surface area contributed by atoms with Gasteiger partial charge in [-0.3, -0.25) is 4.79 Å². The molecule has 3 heteroatoms. The van der Waals surface area contributed by atoms with Crippen molar-refractivity contribution in [1.29, 1.82) is 5.26 Å². The maximum absolute atomic E-state index is 12.8. The van der Waals surface area contributed by atoms with E-state index in [4.69, 9.17) is 0 Å². The molecule has 0 aliphatic heterocycles. The van der Waals surface area contributed by atoms with E-state index >= 15 is 0 Å². The molecule has 0 unspecified atom stereocenters. The molecule has 0 radical (unpaired) electrons. The largest absolute Gasteiger partial charge is 0.340 e. The van der Waals surface area contributed by atoms with Crippen LogP contribution in [0.25, 0.3) is 17.0 Å². The van der Waals surface area contributed by atoms with E-state index in [9.17, 15) is 10.1 Å². The van der Waals surface area contributed by atoms with Crippen LogP contribution >= 0.6 is 0 Å². The van der Waals surface area contributed by atoms with E-state index in [-0.39, 0.29) is 11.4 Å². The third kappa shape index (κ3) is 3.61. The first-order valence-electron chi connectivity index (χ1n) is 9.52. The van der Waals surface area contributed by atoms with Crippen molar-refractivity contribution in [3.63, 3.8) is 0 Å². The molecular formula is C26H20N2O. The maximum Gasteiger partial charge on any atom is 0.203 e. The lowest BCUT2D eigenvalue weighted by Crippen LogP contribution is -2.03. The van der Waals surface area contributed by atoms with Crippen LogP contribution in [0.4, 0.5) is 0 Å². The smallest absolute Gasteiger partial charge is 0.203 e. The van der Waals surface area contributed by atoms with Gasteiger partial charge in [0.15, 0.2) is 0 Å². The minimum Gasteiger partial charge on any atom is -0.340 e. The van der Waals surface area contributed by atoms with Gasteiger partial charge in [-0.05, 0) is 24.6 Å². The normalized spacial score (nSPS) is 11.4. The highest BCUT2D eigenvalue weighted by molar-refractivity contribution is 6.15. The van der Waals surface area contributed by atoms with Gasteiger partial charge in [0.25, 0.3) is 0 Å². The van der Waals surface area contributed by atoms with E-state index in [1.807, 2.05) is 49.4 Å². The molecule has 3 aromatic carbocycles. The summed E-state index contributed by atoms with van der Waals surface area (Å²) < 4.78 is 2.23. The maximum atomic E-state index is 12.8. The Balaban J connectivity index is 1.83. The number of fused-ring (bicyclic) bond motifs is 1. The van der Waals surface area contributed by atoms with Crippen molar-refractivity contribution >= 4 is 22.8 Å². The van der Waals surface area contributed by atoms with Crippen molar-refractivity contribution in [3.05, 3.63) is 113 Å². The molecule has 1 heterocycles. The number of Topliss-reactive ketones (excluding diaryl/α,β-unsaturated/α-hetero) is 1.